The van der Waals surface area contributed by atoms with Crippen molar-refractivity contribution >= 4 is 11.2 Å². The first-order chi connectivity index (χ1) is 18.6. The quantitative estimate of drug-likeness (QED) is 0.219. The van der Waals surface area contributed by atoms with Gasteiger partial charge >= 0.3 is 6.01 Å². The van der Waals surface area contributed by atoms with E-state index in [0.29, 0.717) is 47.1 Å². The molecule has 0 radical (unpaired) electrons. The fraction of sp³-hybridized carbons (Fsp3) is 0.200. The summed E-state index contributed by atoms with van der Waals surface area (Å²) in [6, 6.07) is 24.9. The van der Waals surface area contributed by atoms with E-state index in [2.05, 4.69) is 16.0 Å². The lowest BCUT2D eigenvalue weighted by atomic mass is 10.1. The van der Waals surface area contributed by atoms with Crippen LogP contribution in [0.25, 0.3) is 11.2 Å². The summed E-state index contributed by atoms with van der Waals surface area (Å²) in [4.78, 5) is 14.0. The number of benzene rings is 3. The molecular weight excluding hydrogens is 478 g/mol. The highest BCUT2D eigenvalue weighted by atomic mass is 16.5. The number of rotatable bonds is 9. The van der Waals surface area contributed by atoms with Gasteiger partial charge < -0.3 is 18.8 Å². The molecule has 0 fully saturated rings. The molecule has 5 rings (SSSR count). The average molecular weight is 506 g/mol. The second-order valence-electron chi connectivity index (χ2n) is 8.65. The second-order valence-corrected chi connectivity index (χ2v) is 8.65. The average Bonchev–Trinajstić information content (AvgIpc) is 3.32. The Morgan fingerprint density at radius 1 is 0.868 bits per heavy atom. The Balaban J connectivity index is 1.50. The molecule has 190 valence electrons. The zero-order valence-corrected chi connectivity index (χ0v) is 21.5. The van der Waals surface area contributed by atoms with Crippen molar-refractivity contribution in [3.05, 3.63) is 95.3 Å². The van der Waals surface area contributed by atoms with Gasteiger partial charge in [-0.3, -0.25) is 0 Å². The van der Waals surface area contributed by atoms with Gasteiger partial charge in [0.05, 0.1) is 11.6 Å². The summed E-state index contributed by atoms with van der Waals surface area (Å²) in [5.74, 6) is 2.88. The summed E-state index contributed by atoms with van der Waals surface area (Å²) < 4.78 is 20.3. The third-order valence-corrected chi connectivity index (χ3v) is 6.04. The number of aromatic nitrogens is 4. The molecule has 0 bridgehead atoms. The van der Waals surface area contributed by atoms with E-state index in [1.54, 1.807) is 12.1 Å². The molecule has 0 atom stereocenters. The molecule has 0 spiro atoms. The van der Waals surface area contributed by atoms with E-state index in [4.69, 9.17) is 19.2 Å². The minimum atomic E-state index is 0.111. The van der Waals surface area contributed by atoms with Gasteiger partial charge in [0.25, 0.3) is 5.88 Å². The predicted octanol–water partition coefficient (Wildman–Crippen LogP) is 6.75. The van der Waals surface area contributed by atoms with Gasteiger partial charge in [0.1, 0.15) is 29.7 Å². The van der Waals surface area contributed by atoms with Crippen molar-refractivity contribution in [2.75, 3.05) is 0 Å². The van der Waals surface area contributed by atoms with Gasteiger partial charge in [0.15, 0.2) is 11.2 Å². The number of fused-ring (bicyclic) bond motifs is 1. The molecule has 38 heavy (non-hydrogen) atoms. The van der Waals surface area contributed by atoms with Gasteiger partial charge in [-0.1, -0.05) is 49.4 Å². The van der Waals surface area contributed by atoms with Crippen molar-refractivity contribution in [3.63, 3.8) is 0 Å². The molecule has 0 N–H and O–H groups in total. The van der Waals surface area contributed by atoms with Crippen molar-refractivity contribution < 1.29 is 14.2 Å². The van der Waals surface area contributed by atoms with Crippen molar-refractivity contribution in [3.8, 4) is 35.2 Å². The fourth-order valence-corrected chi connectivity index (χ4v) is 4.08. The molecule has 8 nitrogen and oxygen atoms in total. The SMILES string of the molecule is CCc1nc2c(Oc3cccc(OCc4ccccc4)c3)nc(Oc3cc(C#N)ccc3C)nc2n1CC. The topological polar surface area (TPSA) is 95.1 Å². The first-order valence-electron chi connectivity index (χ1n) is 12.5. The Morgan fingerprint density at radius 2 is 1.68 bits per heavy atom. The standard InChI is InChI=1S/C30H27N5O3/c1-4-26-32-27-28(35(26)5-2)33-30(38-25-16-22(18-31)15-14-20(25)3)34-29(27)37-24-13-9-12-23(17-24)36-19-21-10-7-6-8-11-21/h6-17H,4-5,19H2,1-3H3. The minimum Gasteiger partial charge on any atom is -0.489 e. The second kappa shape index (κ2) is 11.0. The lowest BCUT2D eigenvalue weighted by Crippen LogP contribution is -2.03. The number of aryl methyl sites for hydroxylation is 3. The van der Waals surface area contributed by atoms with E-state index in [-0.39, 0.29) is 11.9 Å². The molecule has 0 aliphatic rings. The van der Waals surface area contributed by atoms with Crippen LogP contribution in [-0.4, -0.2) is 19.5 Å². The van der Waals surface area contributed by atoms with Crippen LogP contribution in [0.2, 0.25) is 0 Å². The Hall–Kier alpha value is -4.90. The molecule has 5 aromatic rings. The van der Waals surface area contributed by atoms with Crippen LogP contribution in [0.4, 0.5) is 0 Å². The van der Waals surface area contributed by atoms with Crippen LogP contribution in [0.15, 0.2) is 72.8 Å². The summed E-state index contributed by atoms with van der Waals surface area (Å²) in [5, 5.41) is 9.31. The first kappa shape index (κ1) is 24.8. The monoisotopic (exact) mass is 505 g/mol. The van der Waals surface area contributed by atoms with Crippen LogP contribution < -0.4 is 14.2 Å². The van der Waals surface area contributed by atoms with E-state index in [1.165, 1.54) is 0 Å². The molecule has 0 amide bonds. The van der Waals surface area contributed by atoms with Crippen LogP contribution in [0, 0.1) is 18.3 Å². The van der Waals surface area contributed by atoms with E-state index in [9.17, 15) is 5.26 Å². The van der Waals surface area contributed by atoms with Crippen molar-refractivity contribution in [1.29, 1.82) is 5.26 Å². The fourth-order valence-electron chi connectivity index (χ4n) is 4.08. The van der Waals surface area contributed by atoms with Crippen LogP contribution in [0.3, 0.4) is 0 Å². The maximum Gasteiger partial charge on any atom is 0.327 e. The minimum absolute atomic E-state index is 0.111. The molecule has 0 aliphatic heterocycles. The molecule has 8 heteroatoms. The Bertz CT molecular complexity index is 1620. The highest BCUT2D eigenvalue weighted by Crippen LogP contribution is 2.33. The van der Waals surface area contributed by atoms with Crippen LogP contribution in [0.5, 0.6) is 29.1 Å². The lowest BCUT2D eigenvalue weighted by molar-refractivity contribution is 0.304. The Labute approximate surface area is 221 Å². The molecule has 0 aliphatic carbocycles. The molecule has 3 aromatic carbocycles. The number of hydrogen-bond donors (Lipinski definition) is 0. The van der Waals surface area contributed by atoms with E-state index in [1.807, 2.05) is 86.0 Å². The molecule has 0 saturated carbocycles. The Kier molecular flexibility index (Phi) is 7.18. The first-order valence-corrected chi connectivity index (χ1v) is 12.5. The maximum absolute atomic E-state index is 9.31. The van der Waals surface area contributed by atoms with Crippen LogP contribution in [-0.2, 0) is 19.6 Å². The number of nitriles is 1. The van der Waals surface area contributed by atoms with Gasteiger partial charge in [0, 0.05) is 19.0 Å². The molecule has 2 aromatic heterocycles. The smallest absolute Gasteiger partial charge is 0.327 e. The molecular formula is C30H27N5O3. The lowest BCUT2D eigenvalue weighted by Gasteiger charge is -2.12. The van der Waals surface area contributed by atoms with E-state index in [0.717, 1.165) is 23.4 Å². The highest BCUT2D eigenvalue weighted by Gasteiger charge is 2.20. The molecule has 0 unspecified atom stereocenters. The number of ether oxygens (including phenoxy) is 3. The van der Waals surface area contributed by atoms with Gasteiger partial charge in [-0.25, -0.2) is 4.98 Å². The predicted molar refractivity (Wildman–Crippen MR) is 144 cm³/mol. The van der Waals surface area contributed by atoms with Gasteiger partial charge in [0.2, 0.25) is 0 Å². The van der Waals surface area contributed by atoms with Gasteiger partial charge in [-0.2, -0.15) is 15.2 Å². The van der Waals surface area contributed by atoms with E-state index < -0.39 is 0 Å². The van der Waals surface area contributed by atoms with Crippen LogP contribution >= 0.6 is 0 Å². The number of hydrogen-bond acceptors (Lipinski definition) is 7. The van der Waals surface area contributed by atoms with E-state index >= 15 is 0 Å². The third kappa shape index (κ3) is 5.27. The third-order valence-electron chi connectivity index (χ3n) is 6.04. The van der Waals surface area contributed by atoms with Gasteiger partial charge in [-0.15, -0.1) is 0 Å². The number of imidazole rings is 1. The zero-order valence-electron chi connectivity index (χ0n) is 21.5. The largest absolute Gasteiger partial charge is 0.489 e. The molecule has 2 heterocycles. The summed E-state index contributed by atoms with van der Waals surface area (Å²) in [6.45, 7) is 7.11. The van der Waals surface area contributed by atoms with Crippen molar-refractivity contribution in [1.82, 2.24) is 19.5 Å². The molecule has 0 saturated heterocycles. The van der Waals surface area contributed by atoms with Crippen LogP contribution in [0.1, 0.15) is 36.4 Å². The summed E-state index contributed by atoms with van der Waals surface area (Å²) >= 11 is 0. The maximum atomic E-state index is 9.31. The number of nitrogens with zero attached hydrogens (tertiary/aromatic N) is 5. The highest BCUT2D eigenvalue weighted by molar-refractivity contribution is 5.78. The zero-order chi connectivity index (χ0) is 26.5. The van der Waals surface area contributed by atoms with Gasteiger partial charge in [-0.05, 0) is 49.2 Å². The normalized spacial score (nSPS) is 10.8. The Morgan fingerprint density at radius 3 is 2.45 bits per heavy atom. The summed E-state index contributed by atoms with van der Waals surface area (Å²) in [6.07, 6.45) is 0.728. The summed E-state index contributed by atoms with van der Waals surface area (Å²) in [7, 11) is 0. The van der Waals surface area contributed by atoms with Crippen molar-refractivity contribution in [2.24, 2.45) is 0 Å². The summed E-state index contributed by atoms with van der Waals surface area (Å²) in [5.41, 5.74) is 3.59. The van der Waals surface area contributed by atoms with Crippen molar-refractivity contribution in [2.45, 2.75) is 40.3 Å².